The summed E-state index contributed by atoms with van der Waals surface area (Å²) in [7, 11) is 1.78. The Hall–Kier alpha value is -1.90. The minimum atomic E-state index is -0.293. The first-order valence-electron chi connectivity index (χ1n) is 6.43. The molecule has 3 heteroatoms. The first kappa shape index (κ1) is 13.5. The minimum absolute atomic E-state index is 0.0649. The van der Waals surface area contributed by atoms with Crippen molar-refractivity contribution in [3.63, 3.8) is 0 Å². The maximum Gasteiger partial charge on any atom is 0.254 e. The molecule has 0 fully saturated rings. The van der Waals surface area contributed by atoms with Crippen LogP contribution in [0.25, 0.3) is 10.8 Å². The van der Waals surface area contributed by atoms with Crippen LogP contribution in [0.15, 0.2) is 36.4 Å². The van der Waals surface area contributed by atoms with Gasteiger partial charge in [0.15, 0.2) is 0 Å². The molecule has 0 saturated heterocycles. The molecule has 0 aliphatic carbocycles. The molecule has 0 radical (unpaired) electrons. The molecule has 0 bridgehead atoms. The number of nitrogens with zero attached hydrogens (tertiary/aromatic N) is 1. The highest BCUT2D eigenvalue weighted by atomic mass is 19.1. The molecule has 19 heavy (non-hydrogen) atoms. The molecular formula is C16H18FNO. The summed E-state index contributed by atoms with van der Waals surface area (Å²) in [5.41, 5.74) is 0.556. The Kier molecular flexibility index (Phi) is 3.84. The zero-order chi connectivity index (χ0) is 14.0. The van der Waals surface area contributed by atoms with Gasteiger partial charge in [-0.3, -0.25) is 4.79 Å². The summed E-state index contributed by atoms with van der Waals surface area (Å²) in [4.78, 5) is 14.1. The average molecular weight is 259 g/mol. The SMILES string of the molecule is CC(C)CN(C)C(=O)c1ccc(F)c2ccccc12. The largest absolute Gasteiger partial charge is 0.341 e. The molecule has 0 aromatic heterocycles. The highest BCUT2D eigenvalue weighted by Gasteiger charge is 2.16. The van der Waals surface area contributed by atoms with Crippen molar-refractivity contribution in [2.75, 3.05) is 13.6 Å². The van der Waals surface area contributed by atoms with Crippen molar-refractivity contribution in [2.45, 2.75) is 13.8 Å². The van der Waals surface area contributed by atoms with Crippen LogP contribution >= 0.6 is 0 Å². The Morgan fingerprint density at radius 3 is 2.42 bits per heavy atom. The van der Waals surface area contributed by atoms with Crippen molar-refractivity contribution in [1.82, 2.24) is 4.90 Å². The second kappa shape index (κ2) is 5.39. The van der Waals surface area contributed by atoms with Crippen molar-refractivity contribution in [3.05, 3.63) is 47.8 Å². The molecule has 0 N–H and O–H groups in total. The van der Waals surface area contributed by atoms with E-state index in [1.54, 1.807) is 36.2 Å². The monoisotopic (exact) mass is 259 g/mol. The summed E-state index contributed by atoms with van der Waals surface area (Å²) in [5, 5.41) is 1.16. The third-order valence-corrected chi connectivity index (χ3v) is 3.09. The molecule has 100 valence electrons. The van der Waals surface area contributed by atoms with Gasteiger partial charge in [-0.05, 0) is 23.4 Å². The van der Waals surface area contributed by atoms with Gasteiger partial charge in [0.25, 0.3) is 5.91 Å². The van der Waals surface area contributed by atoms with Gasteiger partial charge in [-0.2, -0.15) is 0 Å². The van der Waals surface area contributed by atoms with Crippen LogP contribution in [-0.4, -0.2) is 24.4 Å². The summed E-state index contributed by atoms with van der Waals surface area (Å²) in [6.45, 7) is 4.81. The van der Waals surface area contributed by atoms with Crippen LogP contribution in [0.5, 0.6) is 0 Å². The van der Waals surface area contributed by atoms with E-state index in [4.69, 9.17) is 0 Å². The lowest BCUT2D eigenvalue weighted by molar-refractivity contribution is 0.0781. The number of hydrogen-bond donors (Lipinski definition) is 0. The van der Waals surface area contributed by atoms with Gasteiger partial charge in [0.05, 0.1) is 0 Å². The fraction of sp³-hybridized carbons (Fsp3) is 0.312. The molecule has 2 rings (SSSR count). The Labute approximate surface area is 112 Å². The highest BCUT2D eigenvalue weighted by Crippen LogP contribution is 2.23. The van der Waals surface area contributed by atoms with E-state index in [2.05, 4.69) is 13.8 Å². The van der Waals surface area contributed by atoms with Crippen LogP contribution in [0.4, 0.5) is 4.39 Å². The molecule has 1 amide bonds. The Balaban J connectivity index is 2.46. The summed E-state index contributed by atoms with van der Waals surface area (Å²) < 4.78 is 13.7. The van der Waals surface area contributed by atoms with Gasteiger partial charge < -0.3 is 4.90 Å². The minimum Gasteiger partial charge on any atom is -0.341 e. The number of fused-ring (bicyclic) bond motifs is 1. The van der Waals surface area contributed by atoms with Crippen LogP contribution in [0.3, 0.4) is 0 Å². The molecule has 0 aliphatic heterocycles. The van der Waals surface area contributed by atoms with Crippen molar-refractivity contribution in [2.24, 2.45) is 5.92 Å². The predicted molar refractivity (Wildman–Crippen MR) is 75.7 cm³/mol. The molecule has 0 spiro atoms. The van der Waals surface area contributed by atoms with E-state index < -0.39 is 0 Å². The average Bonchev–Trinajstić information content (AvgIpc) is 2.38. The normalized spacial score (nSPS) is 11.0. The lowest BCUT2D eigenvalue weighted by Gasteiger charge is -2.20. The van der Waals surface area contributed by atoms with Gasteiger partial charge in [-0.25, -0.2) is 4.39 Å². The number of amides is 1. The van der Waals surface area contributed by atoms with Crippen molar-refractivity contribution >= 4 is 16.7 Å². The molecule has 0 unspecified atom stereocenters. The van der Waals surface area contributed by atoms with Crippen molar-refractivity contribution < 1.29 is 9.18 Å². The molecular weight excluding hydrogens is 241 g/mol. The van der Waals surface area contributed by atoms with E-state index in [1.807, 2.05) is 6.07 Å². The van der Waals surface area contributed by atoms with Crippen LogP contribution in [0.2, 0.25) is 0 Å². The van der Waals surface area contributed by atoms with Gasteiger partial charge in [-0.1, -0.05) is 38.1 Å². The first-order valence-corrected chi connectivity index (χ1v) is 6.43. The molecule has 2 aromatic rings. The van der Waals surface area contributed by atoms with Gasteiger partial charge in [-0.15, -0.1) is 0 Å². The fourth-order valence-corrected chi connectivity index (χ4v) is 2.29. The molecule has 0 heterocycles. The smallest absolute Gasteiger partial charge is 0.254 e. The number of carbonyl (C=O) groups excluding carboxylic acids is 1. The van der Waals surface area contributed by atoms with E-state index in [0.29, 0.717) is 28.8 Å². The van der Waals surface area contributed by atoms with E-state index in [-0.39, 0.29) is 11.7 Å². The fourth-order valence-electron chi connectivity index (χ4n) is 2.29. The predicted octanol–water partition coefficient (Wildman–Crippen LogP) is 3.71. The molecule has 0 aliphatic rings. The molecule has 2 aromatic carbocycles. The summed E-state index contributed by atoms with van der Waals surface area (Å²) in [5.74, 6) is 0.0456. The van der Waals surface area contributed by atoms with Crippen LogP contribution < -0.4 is 0 Å². The van der Waals surface area contributed by atoms with E-state index in [9.17, 15) is 9.18 Å². The third kappa shape index (κ3) is 2.75. The van der Waals surface area contributed by atoms with Gasteiger partial charge in [0.1, 0.15) is 5.82 Å². The van der Waals surface area contributed by atoms with Gasteiger partial charge in [0.2, 0.25) is 0 Å². The molecule has 0 saturated carbocycles. The number of halogens is 1. The van der Waals surface area contributed by atoms with E-state index >= 15 is 0 Å². The topological polar surface area (TPSA) is 20.3 Å². The van der Waals surface area contributed by atoms with E-state index in [1.165, 1.54) is 6.07 Å². The number of benzene rings is 2. The van der Waals surface area contributed by atoms with Crippen molar-refractivity contribution in [1.29, 1.82) is 0 Å². The Morgan fingerprint density at radius 1 is 1.16 bits per heavy atom. The summed E-state index contributed by atoms with van der Waals surface area (Å²) >= 11 is 0. The summed E-state index contributed by atoms with van der Waals surface area (Å²) in [6, 6.07) is 10.0. The highest BCUT2D eigenvalue weighted by molar-refractivity contribution is 6.07. The van der Waals surface area contributed by atoms with E-state index in [0.717, 1.165) is 0 Å². The first-order chi connectivity index (χ1) is 9.00. The molecule has 2 nitrogen and oxygen atoms in total. The third-order valence-electron chi connectivity index (χ3n) is 3.09. The molecule has 0 atom stereocenters. The summed E-state index contributed by atoms with van der Waals surface area (Å²) in [6.07, 6.45) is 0. The zero-order valence-corrected chi connectivity index (χ0v) is 11.5. The Bertz CT molecular complexity index is 607. The quantitative estimate of drug-likeness (QED) is 0.823. The standard InChI is InChI=1S/C16H18FNO/c1-11(2)10-18(3)16(19)14-8-9-15(17)13-7-5-4-6-12(13)14/h4-9,11H,10H2,1-3H3. The number of carbonyl (C=O) groups is 1. The second-order valence-electron chi connectivity index (χ2n) is 5.22. The maximum atomic E-state index is 13.7. The van der Waals surface area contributed by atoms with Crippen molar-refractivity contribution in [3.8, 4) is 0 Å². The van der Waals surface area contributed by atoms with Crippen LogP contribution in [0, 0.1) is 11.7 Å². The second-order valence-corrected chi connectivity index (χ2v) is 5.22. The maximum absolute atomic E-state index is 13.7. The lowest BCUT2D eigenvalue weighted by atomic mass is 10.0. The van der Waals surface area contributed by atoms with Gasteiger partial charge in [0, 0.05) is 24.5 Å². The lowest BCUT2D eigenvalue weighted by Crippen LogP contribution is -2.30. The zero-order valence-electron chi connectivity index (χ0n) is 11.5. The number of hydrogen-bond acceptors (Lipinski definition) is 1. The van der Waals surface area contributed by atoms with Crippen LogP contribution in [0.1, 0.15) is 24.2 Å². The Morgan fingerprint density at radius 2 is 1.79 bits per heavy atom. The van der Waals surface area contributed by atoms with Gasteiger partial charge >= 0.3 is 0 Å². The number of rotatable bonds is 3. The van der Waals surface area contributed by atoms with Crippen LogP contribution in [-0.2, 0) is 0 Å².